The van der Waals surface area contributed by atoms with Gasteiger partial charge in [-0.15, -0.1) is 6.58 Å². The fourth-order valence-electron chi connectivity index (χ4n) is 1.45. The number of unbranched alkanes of at least 4 members (excludes halogenated alkanes) is 1. The van der Waals surface area contributed by atoms with E-state index in [1.54, 1.807) is 12.1 Å². The van der Waals surface area contributed by atoms with Crippen LogP contribution < -0.4 is 0 Å². The third-order valence-electron chi connectivity index (χ3n) is 2.18. The van der Waals surface area contributed by atoms with Crippen molar-refractivity contribution < 1.29 is 13.2 Å². The predicted octanol–water partition coefficient (Wildman–Crippen LogP) is 4.21. The zero-order valence-electron chi connectivity index (χ0n) is 8.35. The number of hydrogen-bond donors (Lipinski definition) is 0. The quantitative estimate of drug-likeness (QED) is 0.520. The van der Waals surface area contributed by atoms with E-state index in [2.05, 4.69) is 6.58 Å². The van der Waals surface area contributed by atoms with Gasteiger partial charge in [0.15, 0.2) is 0 Å². The summed E-state index contributed by atoms with van der Waals surface area (Å²) in [4.78, 5) is 0. The van der Waals surface area contributed by atoms with E-state index >= 15 is 0 Å². The Labute approximate surface area is 87.4 Å². The Balaban J connectivity index is 2.82. The number of aryl methyl sites for hydroxylation is 1. The van der Waals surface area contributed by atoms with Crippen molar-refractivity contribution in [3.63, 3.8) is 0 Å². The van der Waals surface area contributed by atoms with E-state index in [-0.39, 0.29) is 0 Å². The summed E-state index contributed by atoms with van der Waals surface area (Å²) in [7, 11) is 0. The molecule has 0 aromatic heterocycles. The molecule has 0 saturated heterocycles. The summed E-state index contributed by atoms with van der Waals surface area (Å²) in [6, 6.07) is 5.72. The third-order valence-corrected chi connectivity index (χ3v) is 2.18. The zero-order chi connectivity index (χ0) is 11.3. The van der Waals surface area contributed by atoms with E-state index in [0.29, 0.717) is 18.4 Å². The van der Waals surface area contributed by atoms with Crippen LogP contribution >= 0.6 is 0 Å². The third kappa shape index (κ3) is 3.42. The summed E-state index contributed by atoms with van der Waals surface area (Å²) in [5.41, 5.74) is -0.152. The van der Waals surface area contributed by atoms with Crippen LogP contribution in [0.4, 0.5) is 13.2 Å². The Morgan fingerprint density at radius 3 is 2.47 bits per heavy atom. The van der Waals surface area contributed by atoms with Crippen molar-refractivity contribution in [3.05, 3.63) is 48.0 Å². The Kier molecular flexibility index (Phi) is 3.95. The maximum absolute atomic E-state index is 12.5. The van der Waals surface area contributed by atoms with Crippen LogP contribution in [-0.4, -0.2) is 0 Å². The first-order valence-electron chi connectivity index (χ1n) is 4.81. The first-order valence-corrected chi connectivity index (χ1v) is 4.81. The van der Waals surface area contributed by atoms with Gasteiger partial charge < -0.3 is 0 Å². The molecule has 82 valence electrons. The lowest BCUT2D eigenvalue weighted by molar-refractivity contribution is -0.138. The highest BCUT2D eigenvalue weighted by Crippen LogP contribution is 2.32. The fraction of sp³-hybridized carbons (Fsp3) is 0.333. The van der Waals surface area contributed by atoms with E-state index in [0.717, 1.165) is 12.5 Å². The summed E-state index contributed by atoms with van der Waals surface area (Å²) >= 11 is 0. The van der Waals surface area contributed by atoms with Gasteiger partial charge in [-0.1, -0.05) is 24.3 Å². The molecule has 0 unspecified atom stereocenters. The molecule has 0 amide bonds. The molecule has 0 bridgehead atoms. The molecule has 0 nitrogen and oxygen atoms in total. The van der Waals surface area contributed by atoms with Gasteiger partial charge in [0.25, 0.3) is 0 Å². The second-order valence-electron chi connectivity index (χ2n) is 3.34. The molecule has 0 aliphatic rings. The smallest absolute Gasteiger partial charge is 0.166 e. The largest absolute Gasteiger partial charge is 0.416 e. The van der Waals surface area contributed by atoms with Gasteiger partial charge >= 0.3 is 6.18 Å². The Morgan fingerprint density at radius 2 is 1.87 bits per heavy atom. The lowest BCUT2D eigenvalue weighted by Crippen LogP contribution is -2.08. The normalized spacial score (nSPS) is 11.4. The summed E-state index contributed by atoms with van der Waals surface area (Å²) in [6.07, 6.45) is -0.633. The molecular formula is C12H13F3. The molecule has 15 heavy (non-hydrogen) atoms. The molecule has 1 aromatic carbocycles. The van der Waals surface area contributed by atoms with Crippen molar-refractivity contribution in [2.45, 2.75) is 25.4 Å². The van der Waals surface area contributed by atoms with Gasteiger partial charge in [-0.3, -0.25) is 0 Å². The van der Waals surface area contributed by atoms with Gasteiger partial charge in [-0.05, 0) is 30.9 Å². The van der Waals surface area contributed by atoms with Crippen molar-refractivity contribution >= 4 is 0 Å². The molecule has 0 radical (unpaired) electrons. The maximum atomic E-state index is 12.5. The van der Waals surface area contributed by atoms with Crippen LogP contribution in [0.25, 0.3) is 0 Å². The second-order valence-corrected chi connectivity index (χ2v) is 3.34. The summed E-state index contributed by atoms with van der Waals surface area (Å²) in [6.45, 7) is 3.54. The molecule has 0 aliphatic heterocycles. The second kappa shape index (κ2) is 5.01. The van der Waals surface area contributed by atoms with Gasteiger partial charge in [0.05, 0.1) is 5.56 Å². The molecular weight excluding hydrogens is 201 g/mol. The lowest BCUT2D eigenvalue weighted by Gasteiger charge is -2.11. The standard InChI is InChI=1S/C12H13F3/c1-2-3-4-7-10-8-5-6-9-11(10)12(13,14)15/h2,5-6,8-9H,1,3-4,7H2. The number of benzene rings is 1. The van der Waals surface area contributed by atoms with Crippen molar-refractivity contribution in [2.75, 3.05) is 0 Å². The predicted molar refractivity (Wildman–Crippen MR) is 54.6 cm³/mol. The zero-order valence-corrected chi connectivity index (χ0v) is 8.35. The Bertz CT molecular complexity index is 326. The van der Waals surface area contributed by atoms with Crippen LogP contribution in [0, 0.1) is 0 Å². The van der Waals surface area contributed by atoms with Crippen LogP contribution in [0.5, 0.6) is 0 Å². The molecule has 0 aliphatic carbocycles. The van der Waals surface area contributed by atoms with E-state index < -0.39 is 11.7 Å². The van der Waals surface area contributed by atoms with Crippen LogP contribution in [0.3, 0.4) is 0 Å². The number of rotatable bonds is 4. The molecule has 3 heteroatoms. The molecule has 0 atom stereocenters. The van der Waals surface area contributed by atoms with E-state index in [9.17, 15) is 13.2 Å². The lowest BCUT2D eigenvalue weighted by atomic mass is 10.0. The Morgan fingerprint density at radius 1 is 1.20 bits per heavy atom. The maximum Gasteiger partial charge on any atom is 0.416 e. The highest BCUT2D eigenvalue weighted by Gasteiger charge is 2.32. The first kappa shape index (κ1) is 11.8. The fourth-order valence-corrected chi connectivity index (χ4v) is 1.45. The van der Waals surface area contributed by atoms with Crippen molar-refractivity contribution in [2.24, 2.45) is 0 Å². The SMILES string of the molecule is C=CCCCc1ccccc1C(F)(F)F. The average molecular weight is 214 g/mol. The molecule has 1 rings (SSSR count). The monoisotopic (exact) mass is 214 g/mol. The number of allylic oxidation sites excluding steroid dienone is 1. The van der Waals surface area contributed by atoms with Gasteiger partial charge in [0, 0.05) is 0 Å². The van der Waals surface area contributed by atoms with Crippen LogP contribution in [0.15, 0.2) is 36.9 Å². The van der Waals surface area contributed by atoms with E-state index in [1.165, 1.54) is 12.1 Å². The topological polar surface area (TPSA) is 0 Å². The van der Waals surface area contributed by atoms with Crippen LogP contribution in [-0.2, 0) is 12.6 Å². The van der Waals surface area contributed by atoms with Gasteiger partial charge in [0.2, 0.25) is 0 Å². The van der Waals surface area contributed by atoms with Crippen LogP contribution in [0.2, 0.25) is 0 Å². The molecule has 1 aromatic rings. The Hall–Kier alpha value is -1.25. The summed E-state index contributed by atoms with van der Waals surface area (Å²) in [5, 5.41) is 0. The number of halogens is 3. The first-order chi connectivity index (χ1) is 7.05. The number of alkyl halides is 3. The summed E-state index contributed by atoms with van der Waals surface area (Å²) in [5.74, 6) is 0. The van der Waals surface area contributed by atoms with E-state index in [4.69, 9.17) is 0 Å². The van der Waals surface area contributed by atoms with Gasteiger partial charge in [-0.25, -0.2) is 0 Å². The minimum absolute atomic E-state index is 0.367. The highest BCUT2D eigenvalue weighted by atomic mass is 19.4. The van der Waals surface area contributed by atoms with Crippen molar-refractivity contribution in [1.29, 1.82) is 0 Å². The minimum Gasteiger partial charge on any atom is -0.166 e. The minimum atomic E-state index is -4.25. The van der Waals surface area contributed by atoms with E-state index in [1.807, 2.05) is 0 Å². The highest BCUT2D eigenvalue weighted by molar-refractivity contribution is 5.29. The van der Waals surface area contributed by atoms with Gasteiger partial charge in [0.1, 0.15) is 0 Å². The molecule has 0 N–H and O–H groups in total. The van der Waals surface area contributed by atoms with Gasteiger partial charge in [-0.2, -0.15) is 13.2 Å². The van der Waals surface area contributed by atoms with Crippen molar-refractivity contribution in [1.82, 2.24) is 0 Å². The average Bonchev–Trinajstić information content (AvgIpc) is 2.17. The molecule has 0 fully saturated rings. The molecule has 0 spiro atoms. The number of hydrogen-bond acceptors (Lipinski definition) is 0. The molecule has 0 heterocycles. The molecule has 0 saturated carbocycles. The van der Waals surface area contributed by atoms with Crippen molar-refractivity contribution in [3.8, 4) is 0 Å². The summed E-state index contributed by atoms with van der Waals surface area (Å²) < 4.78 is 37.6. The van der Waals surface area contributed by atoms with Crippen LogP contribution in [0.1, 0.15) is 24.0 Å².